The van der Waals surface area contributed by atoms with E-state index in [2.05, 4.69) is 28.8 Å². The maximum atomic E-state index is 12.4. The Bertz CT molecular complexity index is 640. The topological polar surface area (TPSA) is 58.1 Å². The van der Waals surface area contributed by atoms with E-state index in [-0.39, 0.29) is 10.8 Å². The second-order valence-corrected chi connectivity index (χ2v) is 8.24. The van der Waals surface area contributed by atoms with Crippen LogP contribution in [0.1, 0.15) is 13.8 Å². The fourth-order valence-electron chi connectivity index (χ4n) is 2.41. The largest absolute Gasteiger partial charge is 0.322 e. The molecule has 0 saturated carbocycles. The van der Waals surface area contributed by atoms with Crippen LogP contribution in [-0.2, 0) is 0 Å². The number of rotatable bonds is 2. The van der Waals surface area contributed by atoms with E-state index in [9.17, 15) is 4.79 Å². The number of thioether (sulfide) groups is 1. The van der Waals surface area contributed by atoms with Crippen LogP contribution in [0, 0.1) is 0 Å². The minimum absolute atomic E-state index is 0.0311. The lowest BCUT2D eigenvalue weighted by atomic mass is 10.1. The van der Waals surface area contributed by atoms with E-state index in [4.69, 9.17) is 0 Å². The van der Waals surface area contributed by atoms with Gasteiger partial charge < -0.3 is 10.2 Å². The van der Waals surface area contributed by atoms with Crippen LogP contribution in [0.2, 0.25) is 0 Å². The van der Waals surface area contributed by atoms with Gasteiger partial charge in [-0.2, -0.15) is 11.8 Å². The molecule has 22 heavy (non-hydrogen) atoms. The summed E-state index contributed by atoms with van der Waals surface area (Å²) in [4.78, 5) is 14.2. The summed E-state index contributed by atoms with van der Waals surface area (Å²) in [5.74, 6) is 0.982. The number of benzene rings is 1. The van der Waals surface area contributed by atoms with Gasteiger partial charge in [-0.3, -0.25) is 0 Å². The van der Waals surface area contributed by atoms with Gasteiger partial charge in [-0.25, -0.2) is 4.79 Å². The lowest BCUT2D eigenvalue weighted by Gasteiger charge is -2.37. The highest BCUT2D eigenvalue weighted by Crippen LogP contribution is 2.29. The van der Waals surface area contributed by atoms with Gasteiger partial charge in [0.05, 0.1) is 0 Å². The molecule has 2 amide bonds. The molecule has 1 saturated heterocycles. The average Bonchev–Trinajstić information content (AvgIpc) is 3.01. The molecule has 1 fully saturated rings. The van der Waals surface area contributed by atoms with Gasteiger partial charge >= 0.3 is 6.03 Å². The smallest absolute Gasteiger partial charge is 0.321 e. The highest BCUT2D eigenvalue weighted by Gasteiger charge is 2.29. The maximum Gasteiger partial charge on any atom is 0.321 e. The predicted molar refractivity (Wildman–Crippen MR) is 92.5 cm³/mol. The lowest BCUT2D eigenvalue weighted by molar-refractivity contribution is 0.208. The van der Waals surface area contributed by atoms with E-state index in [1.165, 1.54) is 11.5 Å². The fourth-order valence-corrected chi connectivity index (χ4v) is 3.98. The van der Waals surface area contributed by atoms with Crippen molar-refractivity contribution in [2.75, 3.05) is 24.2 Å². The Morgan fingerprint density at radius 2 is 2.09 bits per heavy atom. The van der Waals surface area contributed by atoms with Crippen molar-refractivity contribution in [1.29, 1.82) is 0 Å². The van der Waals surface area contributed by atoms with Crippen LogP contribution in [0.5, 0.6) is 0 Å². The first-order valence-corrected chi connectivity index (χ1v) is 8.93. The first-order valence-electron chi connectivity index (χ1n) is 7.11. The molecule has 3 rings (SSSR count). The Balaban J connectivity index is 1.64. The molecule has 0 unspecified atom stereocenters. The number of aromatic nitrogens is 2. The van der Waals surface area contributed by atoms with E-state index in [1.54, 1.807) is 0 Å². The van der Waals surface area contributed by atoms with Crippen molar-refractivity contribution < 1.29 is 4.79 Å². The number of hydrogen-bond acceptors (Lipinski definition) is 5. The number of nitrogens with one attached hydrogen (secondary N) is 1. The quantitative estimate of drug-likeness (QED) is 0.912. The zero-order chi connectivity index (χ0) is 15.6. The molecule has 0 radical (unpaired) electrons. The molecule has 1 aliphatic heterocycles. The van der Waals surface area contributed by atoms with Crippen molar-refractivity contribution in [3.05, 3.63) is 29.6 Å². The maximum absolute atomic E-state index is 12.4. The van der Waals surface area contributed by atoms with Crippen LogP contribution in [-0.4, -0.2) is 44.1 Å². The number of nitrogens with zero attached hydrogens (tertiary/aromatic N) is 3. The summed E-state index contributed by atoms with van der Waals surface area (Å²) in [5.41, 5.74) is 2.66. The zero-order valence-electron chi connectivity index (χ0n) is 12.6. The Kier molecular flexibility index (Phi) is 4.35. The Morgan fingerprint density at radius 1 is 1.32 bits per heavy atom. The molecule has 0 spiro atoms. The van der Waals surface area contributed by atoms with Gasteiger partial charge in [0.1, 0.15) is 5.69 Å². The van der Waals surface area contributed by atoms with Crippen LogP contribution in [0.4, 0.5) is 10.5 Å². The van der Waals surface area contributed by atoms with E-state index in [1.807, 2.05) is 46.3 Å². The molecule has 116 valence electrons. The summed E-state index contributed by atoms with van der Waals surface area (Å²) in [6.45, 7) is 5.91. The molecule has 0 bridgehead atoms. The molecule has 1 N–H and O–H groups in total. The summed E-state index contributed by atoms with van der Waals surface area (Å²) in [6.07, 6.45) is 0. The highest BCUT2D eigenvalue weighted by atomic mass is 32.2. The van der Waals surface area contributed by atoms with Crippen molar-refractivity contribution >= 4 is 35.0 Å². The number of carbonyl (C=O) groups excluding carboxylic acids is 1. The van der Waals surface area contributed by atoms with Crippen LogP contribution in [0.15, 0.2) is 29.6 Å². The molecule has 1 aromatic heterocycles. The summed E-state index contributed by atoms with van der Waals surface area (Å²) < 4.78 is 3.98. The predicted octanol–water partition coefficient (Wildman–Crippen LogP) is 3.56. The van der Waals surface area contributed by atoms with Crippen LogP contribution < -0.4 is 5.32 Å². The number of carbonyl (C=O) groups is 1. The van der Waals surface area contributed by atoms with Crippen LogP contribution in [0.3, 0.4) is 0 Å². The highest BCUT2D eigenvalue weighted by molar-refractivity contribution is 8.00. The second kappa shape index (κ2) is 6.26. The third-order valence-corrected chi connectivity index (χ3v) is 5.31. The summed E-state index contributed by atoms with van der Waals surface area (Å²) >= 11 is 3.24. The molecule has 2 aromatic rings. The molecule has 1 aromatic carbocycles. The van der Waals surface area contributed by atoms with Crippen molar-refractivity contribution in [2.45, 2.75) is 18.6 Å². The molecule has 0 atom stereocenters. The lowest BCUT2D eigenvalue weighted by Crippen LogP contribution is -2.47. The number of amides is 2. The van der Waals surface area contributed by atoms with Gasteiger partial charge in [0.15, 0.2) is 0 Å². The van der Waals surface area contributed by atoms with Gasteiger partial charge in [-0.15, -0.1) is 5.10 Å². The molecule has 5 nitrogen and oxygen atoms in total. The Morgan fingerprint density at radius 3 is 2.73 bits per heavy atom. The minimum atomic E-state index is -0.0311. The van der Waals surface area contributed by atoms with Crippen LogP contribution >= 0.6 is 23.3 Å². The molecule has 1 aliphatic rings. The van der Waals surface area contributed by atoms with Gasteiger partial charge in [0.25, 0.3) is 0 Å². The standard InChI is InChI=1S/C15H18N4OS2/c1-15(2)10-19(7-8-21-15)14(20)16-12-5-3-11(4-6-12)13-9-22-18-17-13/h3-6,9H,7-8,10H2,1-2H3,(H,16,20). The van der Waals surface area contributed by atoms with E-state index >= 15 is 0 Å². The number of urea groups is 1. The summed E-state index contributed by atoms with van der Waals surface area (Å²) in [5, 5.41) is 8.91. The second-order valence-electron chi connectivity index (χ2n) is 5.83. The monoisotopic (exact) mass is 334 g/mol. The fraction of sp³-hybridized carbons (Fsp3) is 0.400. The van der Waals surface area contributed by atoms with Gasteiger partial charge in [0.2, 0.25) is 0 Å². The first-order chi connectivity index (χ1) is 10.5. The van der Waals surface area contributed by atoms with E-state index in [0.29, 0.717) is 0 Å². The number of anilines is 1. The Labute approximate surface area is 138 Å². The normalized spacial score (nSPS) is 17.3. The van der Waals surface area contributed by atoms with Gasteiger partial charge in [-0.05, 0) is 37.5 Å². The molecule has 2 heterocycles. The molecule has 7 heteroatoms. The summed E-state index contributed by atoms with van der Waals surface area (Å²) in [6, 6.07) is 7.66. The molecule has 0 aliphatic carbocycles. The van der Waals surface area contributed by atoms with Gasteiger partial charge in [0, 0.05) is 40.2 Å². The van der Waals surface area contributed by atoms with Crippen molar-refractivity contribution in [3.8, 4) is 11.3 Å². The molecular weight excluding hydrogens is 316 g/mol. The SMILES string of the molecule is CC1(C)CN(C(=O)Nc2ccc(-c3csnn3)cc2)CCS1. The van der Waals surface area contributed by atoms with Crippen molar-refractivity contribution in [3.63, 3.8) is 0 Å². The summed E-state index contributed by atoms with van der Waals surface area (Å²) in [7, 11) is 0. The Hall–Kier alpha value is -1.60. The zero-order valence-corrected chi connectivity index (χ0v) is 14.2. The van der Waals surface area contributed by atoms with Crippen molar-refractivity contribution in [2.24, 2.45) is 0 Å². The van der Waals surface area contributed by atoms with Crippen LogP contribution in [0.25, 0.3) is 11.3 Å². The average molecular weight is 334 g/mol. The van der Waals surface area contributed by atoms with E-state index < -0.39 is 0 Å². The van der Waals surface area contributed by atoms with Crippen molar-refractivity contribution in [1.82, 2.24) is 14.5 Å². The first kappa shape index (κ1) is 15.3. The van der Waals surface area contributed by atoms with E-state index in [0.717, 1.165) is 35.8 Å². The number of hydrogen-bond donors (Lipinski definition) is 1. The minimum Gasteiger partial charge on any atom is -0.322 e. The molecular formula is C15H18N4OS2. The van der Waals surface area contributed by atoms with Gasteiger partial charge in [-0.1, -0.05) is 16.6 Å². The third kappa shape index (κ3) is 3.59. The third-order valence-electron chi connectivity index (χ3n) is 3.50.